The van der Waals surface area contributed by atoms with E-state index >= 15 is 0 Å². The van der Waals surface area contributed by atoms with Crippen LogP contribution in [0.1, 0.15) is 16.7 Å². The highest BCUT2D eigenvalue weighted by molar-refractivity contribution is 6.73. The molecular formula is C21H21B3O3. The Morgan fingerprint density at radius 1 is 0.407 bits per heavy atom. The lowest BCUT2D eigenvalue weighted by atomic mass is 9.63. The molecule has 1 saturated heterocycles. The number of hydrogen-bond donors (Lipinski definition) is 0. The molecule has 1 aliphatic heterocycles. The molecule has 132 valence electrons. The van der Waals surface area contributed by atoms with E-state index in [-0.39, 0.29) is 21.4 Å². The molecule has 4 rings (SSSR count). The van der Waals surface area contributed by atoms with E-state index in [1.54, 1.807) is 0 Å². The molecule has 6 heteroatoms. The maximum Gasteiger partial charge on any atom is 0.434 e. The van der Waals surface area contributed by atoms with E-state index in [1.807, 2.05) is 54.6 Å². The van der Waals surface area contributed by atoms with E-state index in [0.29, 0.717) is 19.0 Å². The molecule has 3 aromatic carbocycles. The number of hydrogen-bond acceptors (Lipinski definition) is 3. The topological polar surface area (TPSA) is 27.7 Å². The van der Waals surface area contributed by atoms with Crippen LogP contribution in [0, 0.1) is 0 Å². The van der Waals surface area contributed by atoms with Gasteiger partial charge < -0.3 is 13.7 Å². The minimum Gasteiger partial charge on any atom is -0.452 e. The van der Waals surface area contributed by atoms with Gasteiger partial charge in [0.25, 0.3) is 0 Å². The van der Waals surface area contributed by atoms with Crippen LogP contribution in [0.2, 0.25) is 0 Å². The largest absolute Gasteiger partial charge is 0.452 e. The molecule has 3 aromatic rings. The van der Waals surface area contributed by atoms with Gasteiger partial charge in [-0.05, 0) is 0 Å². The first-order valence-corrected chi connectivity index (χ1v) is 9.43. The summed E-state index contributed by atoms with van der Waals surface area (Å²) in [7, 11) is -0.948. The molecule has 0 aromatic heterocycles. The minimum atomic E-state index is -0.316. The Morgan fingerprint density at radius 2 is 0.667 bits per heavy atom. The minimum absolute atomic E-state index is 0.316. The second-order valence-corrected chi connectivity index (χ2v) is 6.77. The van der Waals surface area contributed by atoms with Gasteiger partial charge in [0.1, 0.15) is 0 Å². The molecule has 27 heavy (non-hydrogen) atoms. The van der Waals surface area contributed by atoms with E-state index < -0.39 is 0 Å². The van der Waals surface area contributed by atoms with Crippen molar-refractivity contribution in [3.63, 3.8) is 0 Å². The molecule has 1 fully saturated rings. The van der Waals surface area contributed by atoms with Gasteiger partial charge in [-0.15, -0.1) is 0 Å². The fourth-order valence-corrected chi connectivity index (χ4v) is 3.31. The van der Waals surface area contributed by atoms with Gasteiger partial charge in [-0.3, -0.25) is 0 Å². The highest BCUT2D eigenvalue weighted by Gasteiger charge is 2.40. The Morgan fingerprint density at radius 3 is 0.926 bits per heavy atom. The summed E-state index contributed by atoms with van der Waals surface area (Å²) in [5.74, 6) is 0. The first kappa shape index (κ1) is 18.1. The predicted molar refractivity (Wildman–Crippen MR) is 111 cm³/mol. The molecule has 0 unspecified atom stereocenters. The average molecular weight is 354 g/mol. The van der Waals surface area contributed by atoms with Crippen LogP contribution in [-0.2, 0) is 32.7 Å². The summed E-state index contributed by atoms with van der Waals surface area (Å²) in [5, 5.41) is 0. The normalized spacial score (nSPS) is 14.4. The van der Waals surface area contributed by atoms with Gasteiger partial charge in [0.2, 0.25) is 0 Å². The van der Waals surface area contributed by atoms with Gasteiger partial charge in [-0.25, -0.2) is 0 Å². The summed E-state index contributed by atoms with van der Waals surface area (Å²) in [6, 6.07) is 30.9. The predicted octanol–water partition coefficient (Wildman–Crippen LogP) is 3.86. The molecule has 0 bridgehead atoms. The summed E-state index contributed by atoms with van der Waals surface area (Å²) in [6.45, 7) is 0. The molecule has 0 amide bonds. The third-order valence-corrected chi connectivity index (χ3v) is 4.65. The second-order valence-electron chi connectivity index (χ2n) is 6.77. The standard InChI is InChI=1S/C21H21B3O3/c1-4-10-19(11-5-1)16-22-25-23(17-20-12-6-2-7-13-20)27-24(26-22)18-21-14-8-3-9-15-21/h1-15H,16-18H2. The van der Waals surface area contributed by atoms with Crippen molar-refractivity contribution in [3.8, 4) is 0 Å². The molecule has 0 atom stereocenters. The van der Waals surface area contributed by atoms with E-state index in [4.69, 9.17) is 13.7 Å². The zero-order valence-corrected chi connectivity index (χ0v) is 15.2. The van der Waals surface area contributed by atoms with Crippen LogP contribution in [0.4, 0.5) is 0 Å². The van der Waals surface area contributed by atoms with Crippen molar-refractivity contribution in [2.75, 3.05) is 0 Å². The van der Waals surface area contributed by atoms with E-state index in [1.165, 1.54) is 16.7 Å². The maximum absolute atomic E-state index is 6.12. The lowest BCUT2D eigenvalue weighted by Crippen LogP contribution is -2.52. The van der Waals surface area contributed by atoms with Crippen molar-refractivity contribution < 1.29 is 13.7 Å². The van der Waals surface area contributed by atoms with Crippen LogP contribution in [0.3, 0.4) is 0 Å². The monoisotopic (exact) mass is 354 g/mol. The molecule has 3 nitrogen and oxygen atoms in total. The average Bonchev–Trinajstić information content (AvgIpc) is 2.70. The van der Waals surface area contributed by atoms with E-state index in [0.717, 1.165) is 0 Å². The van der Waals surface area contributed by atoms with Crippen molar-refractivity contribution >= 4 is 21.4 Å². The van der Waals surface area contributed by atoms with Crippen LogP contribution >= 0.6 is 0 Å². The van der Waals surface area contributed by atoms with Crippen molar-refractivity contribution in [2.45, 2.75) is 19.0 Å². The van der Waals surface area contributed by atoms with Crippen LogP contribution in [0.25, 0.3) is 0 Å². The van der Waals surface area contributed by atoms with Crippen molar-refractivity contribution in [1.29, 1.82) is 0 Å². The molecule has 0 saturated carbocycles. The van der Waals surface area contributed by atoms with E-state index in [9.17, 15) is 0 Å². The van der Waals surface area contributed by atoms with Gasteiger partial charge in [0, 0.05) is 19.0 Å². The SMILES string of the molecule is c1ccc(CB2OB(Cc3ccccc3)OB(Cc3ccccc3)O2)cc1. The van der Waals surface area contributed by atoms with Crippen molar-refractivity contribution in [3.05, 3.63) is 108 Å². The Kier molecular flexibility index (Phi) is 6.10. The summed E-state index contributed by atoms with van der Waals surface area (Å²) < 4.78 is 18.4. The fraction of sp³-hybridized carbons (Fsp3) is 0.143. The highest BCUT2D eigenvalue weighted by atomic mass is 16.7. The van der Waals surface area contributed by atoms with Crippen LogP contribution in [-0.4, -0.2) is 21.4 Å². The first-order valence-electron chi connectivity index (χ1n) is 9.43. The summed E-state index contributed by atoms with van der Waals surface area (Å²) >= 11 is 0. The molecular weight excluding hydrogens is 333 g/mol. The Labute approximate surface area is 162 Å². The third kappa shape index (κ3) is 5.36. The zero-order valence-electron chi connectivity index (χ0n) is 15.2. The van der Waals surface area contributed by atoms with Gasteiger partial charge in [-0.2, -0.15) is 0 Å². The Bertz CT molecular complexity index is 699. The van der Waals surface area contributed by atoms with Crippen LogP contribution in [0.5, 0.6) is 0 Å². The molecule has 0 aliphatic carbocycles. The molecule has 1 aliphatic rings. The second kappa shape index (κ2) is 9.09. The van der Waals surface area contributed by atoms with E-state index in [2.05, 4.69) is 36.4 Å². The van der Waals surface area contributed by atoms with Gasteiger partial charge >= 0.3 is 21.4 Å². The molecule has 0 radical (unpaired) electrons. The summed E-state index contributed by atoms with van der Waals surface area (Å²) in [5.41, 5.74) is 3.59. The Balaban J connectivity index is 1.47. The van der Waals surface area contributed by atoms with Gasteiger partial charge in [-0.1, -0.05) is 108 Å². The number of benzene rings is 3. The number of rotatable bonds is 6. The van der Waals surface area contributed by atoms with Crippen molar-refractivity contribution in [1.82, 2.24) is 0 Å². The zero-order chi connectivity index (χ0) is 18.3. The lowest BCUT2D eigenvalue weighted by Gasteiger charge is -2.31. The maximum atomic E-state index is 6.12. The lowest BCUT2D eigenvalue weighted by molar-refractivity contribution is 0.277. The smallest absolute Gasteiger partial charge is 0.434 e. The quantitative estimate of drug-likeness (QED) is 0.630. The summed E-state index contributed by atoms with van der Waals surface area (Å²) in [6.07, 6.45) is 2.13. The highest BCUT2D eigenvalue weighted by Crippen LogP contribution is 2.18. The van der Waals surface area contributed by atoms with Crippen molar-refractivity contribution in [2.24, 2.45) is 0 Å². The molecule has 1 heterocycles. The molecule has 0 N–H and O–H groups in total. The summed E-state index contributed by atoms with van der Waals surface area (Å²) in [4.78, 5) is 0. The molecule has 0 spiro atoms. The first-order chi connectivity index (χ1) is 13.3. The van der Waals surface area contributed by atoms with Gasteiger partial charge in [0.15, 0.2) is 0 Å². The Hall–Kier alpha value is -2.27. The third-order valence-electron chi connectivity index (χ3n) is 4.65. The van der Waals surface area contributed by atoms with Gasteiger partial charge in [0.05, 0.1) is 0 Å². The fourth-order valence-electron chi connectivity index (χ4n) is 3.31. The van der Waals surface area contributed by atoms with Crippen LogP contribution < -0.4 is 0 Å². The van der Waals surface area contributed by atoms with Crippen LogP contribution in [0.15, 0.2) is 91.0 Å².